The number of hydrogen-bond donors (Lipinski definition) is 0. The minimum atomic E-state index is -1.40. The largest absolute Gasteiger partial charge is 0.296 e. The van der Waals surface area contributed by atoms with Crippen LogP contribution in [0.3, 0.4) is 0 Å². The van der Waals surface area contributed by atoms with Crippen molar-refractivity contribution in [3.63, 3.8) is 0 Å². The molecule has 0 fully saturated rings. The zero-order valence-electron chi connectivity index (χ0n) is 8.99. The second-order valence-electron chi connectivity index (χ2n) is 3.58. The number of aromatic nitrogens is 1. The molecule has 0 aliphatic heterocycles. The fraction of sp³-hybridized carbons (Fsp3) is 0.333. The van der Waals surface area contributed by atoms with Crippen LogP contribution in [0.25, 0.3) is 0 Å². The highest BCUT2D eigenvalue weighted by atomic mass is 35.5. The molecule has 0 saturated heterocycles. The summed E-state index contributed by atoms with van der Waals surface area (Å²) in [6, 6.07) is 5.40. The minimum Gasteiger partial charge on any atom is -0.296 e. The van der Waals surface area contributed by atoms with E-state index >= 15 is 0 Å². The highest BCUT2D eigenvalue weighted by Crippen LogP contribution is 2.31. The summed E-state index contributed by atoms with van der Waals surface area (Å²) >= 11 is 11.6. The van der Waals surface area contributed by atoms with Gasteiger partial charge in [0.2, 0.25) is 0 Å². The van der Waals surface area contributed by atoms with Crippen molar-refractivity contribution in [3.05, 3.63) is 42.7 Å². The van der Waals surface area contributed by atoms with Gasteiger partial charge in [0.25, 0.3) is 0 Å². The summed E-state index contributed by atoms with van der Waals surface area (Å²) in [5, 5.41) is 0. The third-order valence-electron chi connectivity index (χ3n) is 2.20. The van der Waals surface area contributed by atoms with Gasteiger partial charge in [-0.05, 0) is 25.5 Å². The molecule has 16 heavy (non-hydrogen) atoms. The van der Waals surface area contributed by atoms with E-state index in [1.54, 1.807) is 24.4 Å². The Bertz CT molecular complexity index is 370. The van der Waals surface area contributed by atoms with E-state index in [4.69, 9.17) is 23.2 Å². The Hall–Kier alpha value is -0.860. The third kappa shape index (κ3) is 3.32. The van der Waals surface area contributed by atoms with E-state index in [9.17, 15) is 4.79 Å². The number of pyridine rings is 1. The number of alkyl halides is 2. The van der Waals surface area contributed by atoms with Crippen molar-refractivity contribution in [2.75, 3.05) is 0 Å². The normalized spacial score (nSPS) is 13.2. The summed E-state index contributed by atoms with van der Waals surface area (Å²) in [4.78, 5) is 16.1. The fourth-order valence-corrected chi connectivity index (χ4v) is 1.68. The van der Waals surface area contributed by atoms with Gasteiger partial charge in [-0.1, -0.05) is 35.3 Å². The zero-order valence-corrected chi connectivity index (χ0v) is 10.5. The molecule has 0 aromatic carbocycles. The number of halogens is 2. The number of carbonyl (C=O) groups is 1. The van der Waals surface area contributed by atoms with Crippen molar-refractivity contribution >= 4 is 29.0 Å². The quantitative estimate of drug-likeness (QED) is 0.597. The highest BCUT2D eigenvalue weighted by molar-refractivity contribution is 6.58. The maximum Gasteiger partial charge on any atom is 0.177 e. The molecule has 1 aromatic rings. The molecule has 86 valence electrons. The van der Waals surface area contributed by atoms with Crippen LogP contribution in [-0.4, -0.2) is 15.1 Å². The van der Waals surface area contributed by atoms with Crippen LogP contribution in [0.1, 0.15) is 25.0 Å². The molecule has 0 radical (unpaired) electrons. The summed E-state index contributed by atoms with van der Waals surface area (Å²) in [6.45, 7) is 5.09. The van der Waals surface area contributed by atoms with Gasteiger partial charge >= 0.3 is 0 Å². The number of ketones is 1. The summed E-state index contributed by atoms with van der Waals surface area (Å²) in [7, 11) is 0. The zero-order chi connectivity index (χ0) is 12.2. The van der Waals surface area contributed by atoms with Gasteiger partial charge in [0.15, 0.2) is 10.1 Å². The predicted molar refractivity (Wildman–Crippen MR) is 66.9 cm³/mol. The molecule has 0 bridgehead atoms. The van der Waals surface area contributed by atoms with Gasteiger partial charge < -0.3 is 0 Å². The molecule has 4 heteroatoms. The first-order valence-corrected chi connectivity index (χ1v) is 5.66. The molecule has 0 aliphatic carbocycles. The average molecular weight is 258 g/mol. The van der Waals surface area contributed by atoms with Crippen LogP contribution < -0.4 is 0 Å². The van der Waals surface area contributed by atoms with Gasteiger partial charge in [-0.2, -0.15) is 0 Å². The first kappa shape index (κ1) is 13.2. The smallest absolute Gasteiger partial charge is 0.177 e. The van der Waals surface area contributed by atoms with Gasteiger partial charge in [-0.25, -0.2) is 0 Å². The monoisotopic (exact) mass is 257 g/mol. The standard InChI is InChI=1S/C12H13Cl2NO/c1-3-6-9(11(16)12(2,13)14)10-7-4-5-8-15-10/h3-5,7-9H,1,6H2,2H3. The predicted octanol–water partition coefficient (Wildman–Crippen LogP) is 3.50. The molecule has 1 unspecified atom stereocenters. The second-order valence-corrected chi connectivity index (χ2v) is 5.29. The van der Waals surface area contributed by atoms with E-state index < -0.39 is 10.3 Å². The lowest BCUT2D eigenvalue weighted by molar-refractivity contribution is -0.120. The fourth-order valence-electron chi connectivity index (χ4n) is 1.42. The van der Waals surface area contributed by atoms with Crippen molar-refractivity contribution in [1.82, 2.24) is 4.98 Å². The first-order valence-electron chi connectivity index (χ1n) is 4.90. The van der Waals surface area contributed by atoms with E-state index in [2.05, 4.69) is 11.6 Å². The van der Waals surface area contributed by atoms with Crippen LogP contribution in [0.4, 0.5) is 0 Å². The van der Waals surface area contributed by atoms with Crippen molar-refractivity contribution in [3.8, 4) is 0 Å². The minimum absolute atomic E-state index is 0.255. The first-order chi connectivity index (χ1) is 7.46. The number of nitrogens with zero attached hydrogens (tertiary/aromatic N) is 1. The van der Waals surface area contributed by atoms with Crippen LogP contribution in [-0.2, 0) is 4.79 Å². The van der Waals surface area contributed by atoms with Crippen LogP contribution in [0, 0.1) is 0 Å². The molecule has 1 heterocycles. The van der Waals surface area contributed by atoms with E-state index in [0.29, 0.717) is 12.1 Å². The number of Topliss-reactive ketones (excluding diaryl/α,β-unsaturated/α-hetero) is 1. The summed E-state index contributed by atoms with van der Waals surface area (Å²) in [6.07, 6.45) is 3.78. The van der Waals surface area contributed by atoms with Crippen LogP contribution >= 0.6 is 23.2 Å². The number of hydrogen-bond acceptors (Lipinski definition) is 2. The summed E-state index contributed by atoms with van der Waals surface area (Å²) in [5.41, 5.74) is 0.667. The van der Waals surface area contributed by atoms with Crippen molar-refractivity contribution < 1.29 is 4.79 Å². The number of rotatable bonds is 5. The molecule has 1 aromatic heterocycles. The topological polar surface area (TPSA) is 30.0 Å². The Morgan fingerprint density at radius 1 is 1.62 bits per heavy atom. The van der Waals surface area contributed by atoms with Crippen molar-refractivity contribution in [1.29, 1.82) is 0 Å². The Labute approximate surface area is 105 Å². The molecule has 0 spiro atoms. The molecule has 2 nitrogen and oxygen atoms in total. The Balaban J connectivity index is 3.01. The maximum absolute atomic E-state index is 12.0. The lowest BCUT2D eigenvalue weighted by Gasteiger charge is -2.19. The molecule has 0 aliphatic rings. The van der Waals surface area contributed by atoms with E-state index in [1.165, 1.54) is 6.92 Å². The SMILES string of the molecule is C=CCC(C(=O)C(C)(Cl)Cl)c1ccccn1. The molecule has 1 atom stereocenters. The third-order valence-corrected chi connectivity index (χ3v) is 2.57. The second kappa shape index (κ2) is 5.46. The summed E-state index contributed by atoms with van der Waals surface area (Å²) in [5.74, 6) is -0.687. The van der Waals surface area contributed by atoms with E-state index in [1.807, 2.05) is 6.07 Å². The molecule has 1 rings (SSSR count). The van der Waals surface area contributed by atoms with Crippen molar-refractivity contribution in [2.45, 2.75) is 23.6 Å². The lowest BCUT2D eigenvalue weighted by atomic mass is 9.94. The van der Waals surface area contributed by atoms with Crippen LogP contribution in [0.2, 0.25) is 0 Å². The van der Waals surface area contributed by atoms with Gasteiger partial charge in [0.05, 0.1) is 11.6 Å². The Morgan fingerprint density at radius 3 is 2.75 bits per heavy atom. The van der Waals surface area contributed by atoms with Crippen LogP contribution in [0.5, 0.6) is 0 Å². The highest BCUT2D eigenvalue weighted by Gasteiger charge is 2.34. The van der Waals surface area contributed by atoms with Gasteiger partial charge in [-0.15, -0.1) is 6.58 Å². The average Bonchev–Trinajstić information content (AvgIpc) is 2.25. The molecule has 0 amide bonds. The van der Waals surface area contributed by atoms with Crippen LogP contribution in [0.15, 0.2) is 37.1 Å². The van der Waals surface area contributed by atoms with E-state index in [0.717, 1.165) is 0 Å². The Kier molecular flexibility index (Phi) is 4.51. The number of carbonyl (C=O) groups excluding carboxylic acids is 1. The molecule has 0 N–H and O–H groups in total. The molecule has 0 saturated carbocycles. The molecular weight excluding hydrogens is 245 g/mol. The maximum atomic E-state index is 12.0. The summed E-state index contributed by atoms with van der Waals surface area (Å²) < 4.78 is -1.40. The van der Waals surface area contributed by atoms with Gasteiger partial charge in [0, 0.05) is 6.20 Å². The Morgan fingerprint density at radius 2 is 2.31 bits per heavy atom. The molecular formula is C12H13Cl2NO. The number of allylic oxidation sites excluding steroid dienone is 1. The van der Waals surface area contributed by atoms with Gasteiger partial charge in [0.1, 0.15) is 0 Å². The lowest BCUT2D eigenvalue weighted by Crippen LogP contribution is -2.28. The van der Waals surface area contributed by atoms with E-state index in [-0.39, 0.29) is 5.78 Å². The van der Waals surface area contributed by atoms with Gasteiger partial charge in [-0.3, -0.25) is 9.78 Å². The van der Waals surface area contributed by atoms with Crippen molar-refractivity contribution in [2.24, 2.45) is 0 Å².